The summed E-state index contributed by atoms with van der Waals surface area (Å²) in [5.74, 6) is 1.11. The molecule has 1 aromatic rings. The lowest BCUT2D eigenvalue weighted by atomic mass is 10.1. The Morgan fingerprint density at radius 2 is 1.87 bits per heavy atom. The van der Waals surface area contributed by atoms with Gasteiger partial charge in [-0.3, -0.25) is 0 Å². The summed E-state index contributed by atoms with van der Waals surface area (Å²) in [5, 5.41) is 9.11. The molecular weight excluding hydrogens is 188 g/mol. The minimum absolute atomic E-state index is 0.251. The van der Waals surface area contributed by atoms with Crippen molar-refractivity contribution in [2.45, 2.75) is 45.6 Å². The van der Waals surface area contributed by atoms with Gasteiger partial charge in [0.25, 0.3) is 0 Å². The molecule has 0 aliphatic rings. The minimum Gasteiger partial charge on any atom is -0.508 e. The van der Waals surface area contributed by atoms with Gasteiger partial charge < -0.3 is 9.84 Å². The van der Waals surface area contributed by atoms with Crippen molar-refractivity contribution in [3.05, 3.63) is 24.3 Å². The molecule has 0 heterocycles. The van der Waals surface area contributed by atoms with Crippen LogP contribution < -0.4 is 4.74 Å². The molecule has 2 heteroatoms. The number of hydrogen-bond donors (Lipinski definition) is 1. The molecule has 0 unspecified atom stereocenters. The van der Waals surface area contributed by atoms with Gasteiger partial charge in [-0.1, -0.05) is 19.8 Å². The van der Waals surface area contributed by atoms with Gasteiger partial charge in [0, 0.05) is 0 Å². The quantitative estimate of drug-likeness (QED) is 0.722. The van der Waals surface area contributed by atoms with Crippen molar-refractivity contribution in [2.24, 2.45) is 0 Å². The maximum absolute atomic E-state index is 9.11. The van der Waals surface area contributed by atoms with E-state index < -0.39 is 0 Å². The van der Waals surface area contributed by atoms with Gasteiger partial charge >= 0.3 is 0 Å². The summed E-state index contributed by atoms with van der Waals surface area (Å²) < 4.78 is 5.70. The van der Waals surface area contributed by atoms with Crippen molar-refractivity contribution in [2.75, 3.05) is 0 Å². The molecule has 0 radical (unpaired) electrons. The summed E-state index contributed by atoms with van der Waals surface area (Å²) in [6.45, 7) is 4.29. The average molecular weight is 208 g/mol. The fourth-order valence-corrected chi connectivity index (χ4v) is 1.50. The Hall–Kier alpha value is -1.18. The summed E-state index contributed by atoms with van der Waals surface area (Å²) in [6, 6.07) is 6.89. The molecule has 0 bridgehead atoms. The van der Waals surface area contributed by atoms with Crippen molar-refractivity contribution in [1.82, 2.24) is 0 Å². The van der Waals surface area contributed by atoms with Crippen LogP contribution in [-0.4, -0.2) is 11.2 Å². The first-order valence-electron chi connectivity index (χ1n) is 5.68. The van der Waals surface area contributed by atoms with Crippen molar-refractivity contribution in [3.63, 3.8) is 0 Å². The van der Waals surface area contributed by atoms with Crippen LogP contribution in [0.5, 0.6) is 11.5 Å². The Morgan fingerprint density at radius 3 is 2.47 bits per heavy atom. The predicted molar refractivity (Wildman–Crippen MR) is 62.3 cm³/mol. The number of ether oxygens (including phenoxy) is 1. The normalized spacial score (nSPS) is 12.4. The Kier molecular flexibility index (Phi) is 5.02. The average Bonchev–Trinajstić information content (AvgIpc) is 2.22. The third-order valence-electron chi connectivity index (χ3n) is 2.39. The number of hydrogen-bond acceptors (Lipinski definition) is 2. The second-order valence-electron chi connectivity index (χ2n) is 3.92. The molecule has 0 aromatic heterocycles. The van der Waals surface area contributed by atoms with Gasteiger partial charge in [0.05, 0.1) is 6.10 Å². The molecule has 15 heavy (non-hydrogen) atoms. The van der Waals surface area contributed by atoms with Crippen molar-refractivity contribution >= 4 is 0 Å². The predicted octanol–water partition coefficient (Wildman–Crippen LogP) is 3.74. The molecule has 0 fully saturated rings. The molecular formula is C13H20O2. The van der Waals surface area contributed by atoms with Crippen LogP contribution in [0.4, 0.5) is 0 Å². The minimum atomic E-state index is 0.251. The first-order chi connectivity index (χ1) is 7.22. The smallest absolute Gasteiger partial charge is 0.119 e. The first-order valence-corrected chi connectivity index (χ1v) is 5.68. The van der Waals surface area contributed by atoms with E-state index in [0.29, 0.717) is 0 Å². The Labute approximate surface area is 91.9 Å². The zero-order chi connectivity index (χ0) is 11.1. The highest BCUT2D eigenvalue weighted by atomic mass is 16.5. The van der Waals surface area contributed by atoms with Gasteiger partial charge in [0.1, 0.15) is 11.5 Å². The molecule has 1 rings (SSSR count). The standard InChI is InChI=1S/C13H20O2/c1-3-4-5-6-11(2)15-13-9-7-12(14)8-10-13/h7-11,14H,3-6H2,1-2H3/t11-/m0/s1. The number of aromatic hydroxyl groups is 1. The largest absolute Gasteiger partial charge is 0.508 e. The van der Waals surface area contributed by atoms with E-state index in [4.69, 9.17) is 9.84 Å². The third-order valence-corrected chi connectivity index (χ3v) is 2.39. The molecule has 1 atom stereocenters. The van der Waals surface area contributed by atoms with Crippen LogP contribution in [0.1, 0.15) is 39.5 Å². The van der Waals surface area contributed by atoms with E-state index in [-0.39, 0.29) is 11.9 Å². The van der Waals surface area contributed by atoms with E-state index in [1.165, 1.54) is 19.3 Å². The number of phenols is 1. The summed E-state index contributed by atoms with van der Waals surface area (Å²) in [4.78, 5) is 0. The molecule has 0 saturated carbocycles. The molecule has 0 amide bonds. The molecule has 0 saturated heterocycles. The third kappa shape index (κ3) is 4.73. The Morgan fingerprint density at radius 1 is 1.20 bits per heavy atom. The van der Waals surface area contributed by atoms with E-state index in [1.807, 2.05) is 0 Å². The van der Waals surface area contributed by atoms with Gasteiger partial charge in [0.2, 0.25) is 0 Å². The monoisotopic (exact) mass is 208 g/mol. The van der Waals surface area contributed by atoms with Crippen LogP contribution in [0.25, 0.3) is 0 Å². The number of phenolic OH excluding ortho intramolecular Hbond substituents is 1. The van der Waals surface area contributed by atoms with Gasteiger partial charge in [-0.2, -0.15) is 0 Å². The van der Waals surface area contributed by atoms with Gasteiger partial charge in [-0.15, -0.1) is 0 Å². The summed E-state index contributed by atoms with van der Waals surface area (Å²) in [5.41, 5.74) is 0. The van der Waals surface area contributed by atoms with Crippen molar-refractivity contribution in [3.8, 4) is 11.5 Å². The topological polar surface area (TPSA) is 29.5 Å². The fraction of sp³-hybridized carbons (Fsp3) is 0.538. The van der Waals surface area contributed by atoms with E-state index in [1.54, 1.807) is 24.3 Å². The summed E-state index contributed by atoms with van der Waals surface area (Å²) in [7, 11) is 0. The first kappa shape index (κ1) is 11.9. The van der Waals surface area contributed by atoms with E-state index >= 15 is 0 Å². The van der Waals surface area contributed by atoms with Crippen LogP contribution >= 0.6 is 0 Å². The fourth-order valence-electron chi connectivity index (χ4n) is 1.50. The zero-order valence-corrected chi connectivity index (χ0v) is 9.57. The molecule has 2 nitrogen and oxygen atoms in total. The molecule has 0 spiro atoms. The number of benzene rings is 1. The van der Waals surface area contributed by atoms with Crippen LogP contribution in [0, 0.1) is 0 Å². The van der Waals surface area contributed by atoms with Crippen LogP contribution in [-0.2, 0) is 0 Å². The second kappa shape index (κ2) is 6.33. The Balaban J connectivity index is 2.31. The lowest BCUT2D eigenvalue weighted by molar-refractivity contribution is 0.206. The van der Waals surface area contributed by atoms with Gasteiger partial charge in [-0.25, -0.2) is 0 Å². The van der Waals surface area contributed by atoms with E-state index in [0.717, 1.165) is 12.2 Å². The van der Waals surface area contributed by atoms with E-state index in [9.17, 15) is 0 Å². The van der Waals surface area contributed by atoms with Crippen LogP contribution in [0.2, 0.25) is 0 Å². The maximum atomic E-state index is 9.11. The highest BCUT2D eigenvalue weighted by Gasteiger charge is 2.03. The second-order valence-corrected chi connectivity index (χ2v) is 3.92. The molecule has 0 aliphatic carbocycles. The van der Waals surface area contributed by atoms with Crippen LogP contribution in [0.15, 0.2) is 24.3 Å². The highest BCUT2D eigenvalue weighted by Crippen LogP contribution is 2.18. The zero-order valence-electron chi connectivity index (χ0n) is 9.57. The molecule has 0 aliphatic heterocycles. The summed E-state index contributed by atoms with van der Waals surface area (Å²) >= 11 is 0. The molecule has 1 N–H and O–H groups in total. The number of unbranched alkanes of at least 4 members (excludes halogenated alkanes) is 2. The SMILES string of the molecule is CCCCC[C@H](C)Oc1ccc(O)cc1. The molecule has 84 valence electrons. The molecule has 1 aromatic carbocycles. The highest BCUT2D eigenvalue weighted by molar-refractivity contribution is 5.30. The van der Waals surface area contributed by atoms with Gasteiger partial charge in [-0.05, 0) is 44.0 Å². The lowest BCUT2D eigenvalue weighted by Gasteiger charge is -2.14. The lowest BCUT2D eigenvalue weighted by Crippen LogP contribution is -2.11. The van der Waals surface area contributed by atoms with Crippen molar-refractivity contribution < 1.29 is 9.84 Å². The number of rotatable bonds is 6. The van der Waals surface area contributed by atoms with Crippen molar-refractivity contribution in [1.29, 1.82) is 0 Å². The van der Waals surface area contributed by atoms with E-state index in [2.05, 4.69) is 13.8 Å². The van der Waals surface area contributed by atoms with Gasteiger partial charge in [0.15, 0.2) is 0 Å². The maximum Gasteiger partial charge on any atom is 0.119 e. The Bertz CT molecular complexity index is 266. The summed E-state index contributed by atoms with van der Waals surface area (Å²) in [6.07, 6.45) is 5.07. The van der Waals surface area contributed by atoms with Crippen LogP contribution in [0.3, 0.4) is 0 Å².